The molecule has 308 valence electrons. The van der Waals surface area contributed by atoms with Crippen LogP contribution < -0.4 is 0 Å². The summed E-state index contributed by atoms with van der Waals surface area (Å²) in [4.78, 5) is 35.5. The Morgan fingerprint density at radius 1 is 0.585 bits per heavy atom. The first kappa shape index (κ1) is 51.0. The second-order valence-electron chi connectivity index (χ2n) is 15.4. The van der Waals surface area contributed by atoms with Crippen LogP contribution in [0.15, 0.2) is 48.6 Å². The molecule has 0 rings (SSSR count). The number of unbranched alkanes of at least 4 members (excludes halogenated alkanes) is 16. The third-order valence-corrected chi connectivity index (χ3v) is 10.2. The van der Waals surface area contributed by atoms with Crippen molar-refractivity contribution in [2.75, 3.05) is 47.1 Å². The minimum Gasteiger partial charge on any atom is -0.462 e. The van der Waals surface area contributed by atoms with Gasteiger partial charge in [-0.05, 0) is 77.0 Å². The Balaban J connectivity index is 4.40. The number of carbonyl (C=O) groups excluding carboxylic acids is 2. The maximum atomic E-state index is 12.7. The van der Waals surface area contributed by atoms with E-state index in [9.17, 15) is 19.0 Å². The van der Waals surface area contributed by atoms with Crippen LogP contribution in [0.25, 0.3) is 0 Å². The molecule has 53 heavy (non-hydrogen) atoms. The maximum absolute atomic E-state index is 12.7. The summed E-state index contributed by atoms with van der Waals surface area (Å²) >= 11 is 0. The highest BCUT2D eigenvalue weighted by Crippen LogP contribution is 2.42. The van der Waals surface area contributed by atoms with Crippen LogP contribution in [0.2, 0.25) is 0 Å². The molecular weight excluding hydrogens is 685 g/mol. The quantitative estimate of drug-likeness (QED) is 0.0221. The van der Waals surface area contributed by atoms with Crippen molar-refractivity contribution < 1.29 is 37.5 Å². The summed E-state index contributed by atoms with van der Waals surface area (Å²) < 4.78 is 29.6. The molecule has 0 aromatic carbocycles. The SMILES string of the molecule is CCCCC/C=C\C/C=C\CCCCCCCC(=O)OCC(COP(=O)(O)CC[N+](C)(C)C)OC(=O)CCCCCCC/C=C\C/C=C\CCCCC. The second kappa shape index (κ2) is 35.7. The monoisotopic (exact) mass is 767 g/mol. The molecule has 0 aromatic rings. The predicted octanol–water partition coefficient (Wildman–Crippen LogP) is 12.0. The van der Waals surface area contributed by atoms with E-state index in [1.54, 1.807) is 0 Å². The fraction of sp³-hybridized carbons (Fsp3) is 0.773. The molecule has 2 unspecified atom stereocenters. The van der Waals surface area contributed by atoms with Crippen molar-refractivity contribution in [1.82, 2.24) is 0 Å². The second-order valence-corrected chi connectivity index (χ2v) is 17.4. The van der Waals surface area contributed by atoms with E-state index in [0.29, 0.717) is 23.9 Å². The highest BCUT2D eigenvalue weighted by atomic mass is 31.2. The van der Waals surface area contributed by atoms with E-state index in [0.717, 1.165) is 83.5 Å². The lowest BCUT2D eigenvalue weighted by molar-refractivity contribution is -0.867. The van der Waals surface area contributed by atoms with Crippen LogP contribution in [0, 0.1) is 0 Å². The molecule has 0 saturated carbocycles. The van der Waals surface area contributed by atoms with Crippen molar-refractivity contribution in [2.24, 2.45) is 0 Å². The van der Waals surface area contributed by atoms with E-state index in [-0.39, 0.29) is 31.8 Å². The fourth-order valence-corrected chi connectivity index (χ4v) is 6.85. The highest BCUT2D eigenvalue weighted by Gasteiger charge is 2.27. The molecule has 1 N–H and O–H groups in total. The highest BCUT2D eigenvalue weighted by molar-refractivity contribution is 7.52. The van der Waals surface area contributed by atoms with Gasteiger partial charge in [-0.1, -0.05) is 127 Å². The molecule has 0 saturated heterocycles. The Morgan fingerprint density at radius 2 is 1.00 bits per heavy atom. The summed E-state index contributed by atoms with van der Waals surface area (Å²) in [6.07, 6.45) is 41.9. The molecule has 8 nitrogen and oxygen atoms in total. The van der Waals surface area contributed by atoms with Gasteiger partial charge < -0.3 is 23.4 Å². The van der Waals surface area contributed by atoms with Crippen LogP contribution in [0.4, 0.5) is 0 Å². The van der Waals surface area contributed by atoms with Gasteiger partial charge in [0.2, 0.25) is 0 Å². The summed E-state index contributed by atoms with van der Waals surface area (Å²) in [6.45, 7) is 4.42. The Morgan fingerprint density at radius 3 is 1.45 bits per heavy atom. The predicted molar refractivity (Wildman–Crippen MR) is 223 cm³/mol. The number of hydrogen-bond acceptors (Lipinski definition) is 6. The Hall–Kier alpha value is -1.99. The van der Waals surface area contributed by atoms with Gasteiger partial charge in [0.15, 0.2) is 6.10 Å². The molecule has 0 heterocycles. The molecule has 0 amide bonds. The average molecular weight is 767 g/mol. The van der Waals surface area contributed by atoms with Crippen LogP contribution in [-0.2, 0) is 28.2 Å². The van der Waals surface area contributed by atoms with Crippen molar-refractivity contribution >= 4 is 19.5 Å². The maximum Gasteiger partial charge on any atom is 0.333 e. The van der Waals surface area contributed by atoms with E-state index >= 15 is 0 Å². The van der Waals surface area contributed by atoms with Gasteiger partial charge in [0, 0.05) is 12.8 Å². The third-order valence-electron chi connectivity index (χ3n) is 8.91. The van der Waals surface area contributed by atoms with Gasteiger partial charge in [0.05, 0.1) is 40.5 Å². The zero-order chi connectivity index (χ0) is 39.3. The average Bonchev–Trinajstić information content (AvgIpc) is 3.11. The molecule has 0 aliphatic carbocycles. The fourth-order valence-electron chi connectivity index (χ4n) is 5.47. The standard InChI is InChI=1S/C44H80NO7P/c1-6-8-10-12-14-16-18-20-22-24-26-28-30-32-34-36-43(46)50-40-42(41-51-53(48,49)39-38-45(3,4)5)52-44(47)37-35-33-31-29-27-25-23-21-19-17-15-13-11-9-7-2/h14-17,20-23,42H,6-13,18-19,24-41H2,1-5H3/p+1/b16-14-,17-15-,22-20-,23-21-. The van der Waals surface area contributed by atoms with Crippen molar-refractivity contribution in [2.45, 2.75) is 174 Å². The molecule has 0 fully saturated rings. The van der Waals surface area contributed by atoms with E-state index in [4.69, 9.17) is 14.0 Å². The first-order valence-electron chi connectivity index (χ1n) is 21.2. The van der Waals surface area contributed by atoms with Crippen LogP contribution in [0.5, 0.6) is 0 Å². The van der Waals surface area contributed by atoms with Crippen LogP contribution in [-0.4, -0.2) is 74.5 Å². The lowest BCUT2D eigenvalue weighted by Gasteiger charge is -2.25. The van der Waals surface area contributed by atoms with Gasteiger partial charge in [-0.25, -0.2) is 0 Å². The molecule has 2 atom stereocenters. The largest absolute Gasteiger partial charge is 0.462 e. The number of ether oxygens (including phenoxy) is 2. The zero-order valence-corrected chi connectivity index (χ0v) is 35.7. The number of rotatable bonds is 37. The van der Waals surface area contributed by atoms with Gasteiger partial charge in [0.25, 0.3) is 0 Å². The lowest BCUT2D eigenvalue weighted by Crippen LogP contribution is -2.37. The molecule has 0 radical (unpaired) electrons. The zero-order valence-electron chi connectivity index (χ0n) is 34.8. The van der Waals surface area contributed by atoms with Crippen LogP contribution >= 0.6 is 7.60 Å². The molecule has 0 aliphatic heterocycles. The van der Waals surface area contributed by atoms with E-state index in [1.807, 2.05) is 21.1 Å². The van der Waals surface area contributed by atoms with Gasteiger partial charge in [0.1, 0.15) is 6.61 Å². The van der Waals surface area contributed by atoms with E-state index in [2.05, 4.69) is 62.5 Å². The smallest absolute Gasteiger partial charge is 0.333 e. The van der Waals surface area contributed by atoms with Gasteiger partial charge in [-0.2, -0.15) is 0 Å². The van der Waals surface area contributed by atoms with Crippen LogP contribution in [0.1, 0.15) is 168 Å². The number of nitrogens with zero attached hydrogens (tertiary/aromatic N) is 1. The Bertz CT molecular complexity index is 1050. The van der Waals surface area contributed by atoms with Gasteiger partial charge in [-0.3, -0.25) is 14.2 Å². The van der Waals surface area contributed by atoms with Gasteiger partial charge in [-0.15, -0.1) is 0 Å². The number of quaternary nitrogens is 1. The van der Waals surface area contributed by atoms with Crippen molar-refractivity contribution in [3.63, 3.8) is 0 Å². The minimum absolute atomic E-state index is 0.0181. The number of esters is 2. The lowest BCUT2D eigenvalue weighted by atomic mass is 10.1. The molecule has 0 aromatic heterocycles. The summed E-state index contributed by atoms with van der Waals surface area (Å²) in [5.41, 5.74) is 0. The van der Waals surface area contributed by atoms with E-state index in [1.165, 1.54) is 51.4 Å². The summed E-state index contributed by atoms with van der Waals surface area (Å²) in [5, 5.41) is 0. The normalized spacial score (nSPS) is 14.2. The van der Waals surface area contributed by atoms with Crippen molar-refractivity contribution in [3.8, 4) is 0 Å². The molecule has 0 aliphatic rings. The number of allylic oxidation sites excluding steroid dienone is 8. The molecule has 9 heteroatoms. The topological polar surface area (TPSA) is 99.1 Å². The first-order chi connectivity index (χ1) is 25.5. The summed E-state index contributed by atoms with van der Waals surface area (Å²) in [6, 6.07) is 0. The van der Waals surface area contributed by atoms with Crippen LogP contribution in [0.3, 0.4) is 0 Å². The number of hydrogen-bond donors (Lipinski definition) is 1. The molecule has 0 spiro atoms. The van der Waals surface area contributed by atoms with Gasteiger partial charge >= 0.3 is 19.5 Å². The Kier molecular flexibility index (Phi) is 34.4. The summed E-state index contributed by atoms with van der Waals surface area (Å²) in [7, 11) is 1.91. The van der Waals surface area contributed by atoms with E-state index < -0.39 is 19.7 Å². The third kappa shape index (κ3) is 39.5. The van der Waals surface area contributed by atoms with Crippen molar-refractivity contribution in [3.05, 3.63) is 48.6 Å². The molecular formula is C44H81NO7P+. The summed E-state index contributed by atoms with van der Waals surface area (Å²) in [5.74, 6) is -0.768. The Labute approximate surface area is 326 Å². The molecule has 0 bridgehead atoms. The van der Waals surface area contributed by atoms with Crippen molar-refractivity contribution in [1.29, 1.82) is 0 Å². The minimum atomic E-state index is -3.90. The number of carbonyl (C=O) groups is 2. The first-order valence-corrected chi connectivity index (χ1v) is 23.0.